The third-order valence-corrected chi connectivity index (χ3v) is 2.64. The van der Waals surface area contributed by atoms with Crippen molar-refractivity contribution < 1.29 is 19.5 Å². The molecule has 0 heterocycles. The SMILES string of the molecule is CCC(=O)NC[C@@H](C(=O)O)c1cccc(NC=O)c1. The minimum absolute atomic E-state index is 0.0204. The van der Waals surface area contributed by atoms with Crippen LogP contribution in [0.2, 0.25) is 0 Å². The third kappa shape index (κ3) is 4.42. The van der Waals surface area contributed by atoms with E-state index in [1.165, 1.54) is 0 Å². The quantitative estimate of drug-likeness (QED) is 0.639. The monoisotopic (exact) mass is 264 g/mol. The lowest BCUT2D eigenvalue weighted by Crippen LogP contribution is -2.31. The Morgan fingerprint density at radius 2 is 2.16 bits per heavy atom. The number of carboxylic acid groups (broad SMARTS) is 1. The molecule has 6 nitrogen and oxygen atoms in total. The lowest BCUT2D eigenvalue weighted by atomic mass is 9.98. The summed E-state index contributed by atoms with van der Waals surface area (Å²) in [6, 6.07) is 6.53. The number of aliphatic carboxylic acids is 1. The summed E-state index contributed by atoms with van der Waals surface area (Å²) >= 11 is 0. The fourth-order valence-electron chi connectivity index (χ4n) is 1.60. The Morgan fingerprint density at radius 3 is 2.74 bits per heavy atom. The van der Waals surface area contributed by atoms with Gasteiger partial charge in [0.2, 0.25) is 12.3 Å². The molecule has 19 heavy (non-hydrogen) atoms. The number of hydrogen-bond donors (Lipinski definition) is 3. The summed E-state index contributed by atoms with van der Waals surface area (Å²) in [5.74, 6) is -2.07. The molecule has 0 unspecified atom stereocenters. The van der Waals surface area contributed by atoms with Crippen molar-refractivity contribution in [2.45, 2.75) is 19.3 Å². The van der Waals surface area contributed by atoms with Gasteiger partial charge < -0.3 is 15.7 Å². The van der Waals surface area contributed by atoms with Crippen molar-refractivity contribution in [2.24, 2.45) is 0 Å². The fourth-order valence-corrected chi connectivity index (χ4v) is 1.60. The molecule has 1 rings (SSSR count). The van der Waals surface area contributed by atoms with Gasteiger partial charge in [0.1, 0.15) is 0 Å². The fraction of sp³-hybridized carbons (Fsp3) is 0.308. The number of hydrogen-bond acceptors (Lipinski definition) is 3. The van der Waals surface area contributed by atoms with E-state index in [2.05, 4.69) is 10.6 Å². The van der Waals surface area contributed by atoms with Gasteiger partial charge in [-0.1, -0.05) is 19.1 Å². The number of anilines is 1. The van der Waals surface area contributed by atoms with Gasteiger partial charge in [-0.05, 0) is 17.7 Å². The molecule has 102 valence electrons. The van der Waals surface area contributed by atoms with E-state index in [0.29, 0.717) is 24.1 Å². The van der Waals surface area contributed by atoms with Crippen LogP contribution in [0.1, 0.15) is 24.8 Å². The van der Waals surface area contributed by atoms with Crippen molar-refractivity contribution >= 4 is 24.0 Å². The van der Waals surface area contributed by atoms with Crippen LogP contribution in [0.15, 0.2) is 24.3 Å². The highest BCUT2D eigenvalue weighted by molar-refractivity contribution is 5.80. The molecule has 2 amide bonds. The van der Waals surface area contributed by atoms with Crippen LogP contribution < -0.4 is 10.6 Å². The predicted molar refractivity (Wildman–Crippen MR) is 69.8 cm³/mol. The molecule has 0 spiro atoms. The minimum atomic E-state index is -1.03. The Hall–Kier alpha value is -2.37. The average molecular weight is 264 g/mol. The molecule has 0 saturated heterocycles. The predicted octanol–water partition coefficient (Wildman–Crippen LogP) is 0.949. The molecule has 0 aliphatic carbocycles. The van der Waals surface area contributed by atoms with Crippen LogP contribution in [-0.2, 0) is 14.4 Å². The highest BCUT2D eigenvalue weighted by Gasteiger charge is 2.20. The maximum absolute atomic E-state index is 11.2. The number of carboxylic acids is 1. The van der Waals surface area contributed by atoms with E-state index in [1.54, 1.807) is 31.2 Å². The first-order chi connectivity index (χ1) is 9.08. The van der Waals surface area contributed by atoms with Crippen LogP contribution in [0.3, 0.4) is 0 Å². The molecular formula is C13H16N2O4. The summed E-state index contributed by atoms with van der Waals surface area (Å²) in [6.45, 7) is 1.71. The van der Waals surface area contributed by atoms with Gasteiger partial charge >= 0.3 is 5.97 Å². The molecule has 0 radical (unpaired) electrons. The van der Waals surface area contributed by atoms with Gasteiger partial charge in [0.25, 0.3) is 0 Å². The van der Waals surface area contributed by atoms with E-state index in [-0.39, 0.29) is 12.5 Å². The topological polar surface area (TPSA) is 95.5 Å². The molecule has 0 bridgehead atoms. The van der Waals surface area contributed by atoms with Crippen molar-refractivity contribution in [1.29, 1.82) is 0 Å². The number of carbonyl (C=O) groups is 3. The highest BCUT2D eigenvalue weighted by Crippen LogP contribution is 2.19. The summed E-state index contributed by atoms with van der Waals surface area (Å²) in [6.07, 6.45) is 0.826. The maximum Gasteiger partial charge on any atom is 0.312 e. The van der Waals surface area contributed by atoms with Crippen LogP contribution in [0, 0.1) is 0 Å². The van der Waals surface area contributed by atoms with Gasteiger partial charge in [0.15, 0.2) is 0 Å². The van der Waals surface area contributed by atoms with Gasteiger partial charge in [0.05, 0.1) is 5.92 Å². The van der Waals surface area contributed by atoms with E-state index in [0.717, 1.165) is 0 Å². The average Bonchev–Trinajstić information content (AvgIpc) is 2.39. The number of carbonyl (C=O) groups excluding carboxylic acids is 2. The first kappa shape index (κ1) is 14.7. The molecule has 0 aliphatic heterocycles. The molecule has 1 atom stereocenters. The summed E-state index contributed by atoms with van der Waals surface area (Å²) in [4.78, 5) is 32.8. The summed E-state index contributed by atoms with van der Waals surface area (Å²) in [7, 11) is 0. The second kappa shape index (κ2) is 7.15. The second-order valence-corrected chi connectivity index (χ2v) is 3.94. The zero-order valence-electron chi connectivity index (χ0n) is 10.6. The van der Waals surface area contributed by atoms with E-state index >= 15 is 0 Å². The smallest absolute Gasteiger partial charge is 0.312 e. The van der Waals surface area contributed by atoms with Gasteiger partial charge in [-0.3, -0.25) is 14.4 Å². The van der Waals surface area contributed by atoms with Crippen LogP contribution in [-0.4, -0.2) is 29.9 Å². The summed E-state index contributed by atoms with van der Waals surface area (Å²) in [5, 5.41) is 14.2. The van der Waals surface area contributed by atoms with E-state index < -0.39 is 11.9 Å². The zero-order chi connectivity index (χ0) is 14.3. The van der Waals surface area contributed by atoms with Crippen molar-refractivity contribution in [1.82, 2.24) is 5.32 Å². The van der Waals surface area contributed by atoms with Gasteiger partial charge in [-0.25, -0.2) is 0 Å². The van der Waals surface area contributed by atoms with Crippen molar-refractivity contribution in [3.63, 3.8) is 0 Å². The minimum Gasteiger partial charge on any atom is -0.481 e. The zero-order valence-corrected chi connectivity index (χ0v) is 10.6. The molecule has 0 aromatic heterocycles. The lowest BCUT2D eigenvalue weighted by molar-refractivity contribution is -0.138. The molecule has 6 heteroatoms. The standard InChI is InChI=1S/C13H16N2O4/c1-2-12(17)14-7-11(13(18)19)9-4-3-5-10(6-9)15-8-16/h3-6,8,11H,2,7H2,1H3,(H,14,17)(H,15,16)(H,18,19)/t11-/m1/s1. The van der Waals surface area contributed by atoms with Crippen LogP contribution in [0.25, 0.3) is 0 Å². The molecular weight excluding hydrogens is 248 g/mol. The maximum atomic E-state index is 11.2. The number of amides is 2. The van der Waals surface area contributed by atoms with Crippen LogP contribution >= 0.6 is 0 Å². The largest absolute Gasteiger partial charge is 0.481 e. The number of rotatable bonds is 7. The van der Waals surface area contributed by atoms with Gasteiger partial charge in [-0.15, -0.1) is 0 Å². The normalized spacial score (nSPS) is 11.4. The Bertz CT molecular complexity index is 473. The molecule has 1 aromatic rings. The van der Waals surface area contributed by atoms with Gasteiger partial charge in [0, 0.05) is 18.7 Å². The third-order valence-electron chi connectivity index (χ3n) is 2.64. The Morgan fingerprint density at radius 1 is 1.42 bits per heavy atom. The molecule has 0 fully saturated rings. The van der Waals surface area contributed by atoms with Crippen molar-refractivity contribution in [3.8, 4) is 0 Å². The Kier molecular flexibility index (Phi) is 5.53. The first-order valence-corrected chi connectivity index (χ1v) is 5.88. The number of benzene rings is 1. The Balaban J connectivity index is 2.86. The van der Waals surface area contributed by atoms with E-state index in [9.17, 15) is 19.5 Å². The van der Waals surface area contributed by atoms with Crippen molar-refractivity contribution in [3.05, 3.63) is 29.8 Å². The molecule has 0 saturated carbocycles. The second-order valence-electron chi connectivity index (χ2n) is 3.94. The van der Waals surface area contributed by atoms with Gasteiger partial charge in [-0.2, -0.15) is 0 Å². The first-order valence-electron chi connectivity index (χ1n) is 5.88. The van der Waals surface area contributed by atoms with E-state index in [4.69, 9.17) is 0 Å². The molecule has 3 N–H and O–H groups in total. The molecule has 0 aliphatic rings. The van der Waals surface area contributed by atoms with Crippen LogP contribution in [0.5, 0.6) is 0 Å². The van der Waals surface area contributed by atoms with Crippen LogP contribution in [0.4, 0.5) is 5.69 Å². The summed E-state index contributed by atoms with van der Waals surface area (Å²) < 4.78 is 0. The Labute approximate surface area is 110 Å². The van der Waals surface area contributed by atoms with E-state index in [1.807, 2.05) is 0 Å². The number of nitrogens with one attached hydrogen (secondary N) is 2. The highest BCUT2D eigenvalue weighted by atomic mass is 16.4. The molecule has 1 aromatic carbocycles. The summed E-state index contributed by atoms with van der Waals surface area (Å²) in [5.41, 5.74) is 1.04. The van der Waals surface area contributed by atoms with Crippen molar-refractivity contribution in [2.75, 3.05) is 11.9 Å². The lowest BCUT2D eigenvalue weighted by Gasteiger charge is -2.14.